The molecule has 4 aromatic carbocycles. The van der Waals surface area contributed by atoms with Crippen molar-refractivity contribution < 1.29 is 8.78 Å². The van der Waals surface area contributed by atoms with Gasteiger partial charge in [0.2, 0.25) is 0 Å². The van der Waals surface area contributed by atoms with Gasteiger partial charge in [-0.15, -0.1) is 0 Å². The number of halogens is 3. The third-order valence-electron chi connectivity index (χ3n) is 7.12. The van der Waals surface area contributed by atoms with E-state index in [1.807, 2.05) is 18.2 Å². The summed E-state index contributed by atoms with van der Waals surface area (Å²) in [6.45, 7) is 2.42. The van der Waals surface area contributed by atoms with Gasteiger partial charge in [-0.25, -0.2) is 8.78 Å². The van der Waals surface area contributed by atoms with Crippen LogP contribution in [0.1, 0.15) is 28.3 Å². The molecule has 1 aliphatic rings. The molecule has 8 heteroatoms. The van der Waals surface area contributed by atoms with Crippen LogP contribution < -0.4 is 10.6 Å². The maximum atomic E-state index is 13.7. The number of nitrogens with two attached hydrogens (primary N) is 1. The molecule has 5 nitrogen and oxygen atoms in total. The minimum atomic E-state index is -0.319. The molecule has 1 aliphatic heterocycles. The SMILES string of the molecule is N#Cc1c(-c2ccc(Cl)cc2)cc(N2CCN(C(c3ccc(F)cc3)c3ccc(F)cc3)CC2)c(C#N)c1N. The van der Waals surface area contributed by atoms with Crippen molar-refractivity contribution in [2.45, 2.75) is 6.04 Å². The van der Waals surface area contributed by atoms with E-state index in [-0.39, 0.29) is 34.5 Å². The molecule has 0 amide bonds. The first-order valence-electron chi connectivity index (χ1n) is 12.4. The zero-order chi connectivity index (χ0) is 27.5. The number of hydrogen-bond donors (Lipinski definition) is 1. The first kappa shape index (κ1) is 26.2. The van der Waals surface area contributed by atoms with E-state index in [2.05, 4.69) is 21.9 Å². The summed E-state index contributed by atoms with van der Waals surface area (Å²) >= 11 is 6.07. The Morgan fingerprint density at radius 2 is 1.26 bits per heavy atom. The van der Waals surface area contributed by atoms with Crippen LogP contribution in [0.3, 0.4) is 0 Å². The third-order valence-corrected chi connectivity index (χ3v) is 7.37. The Kier molecular flexibility index (Phi) is 7.47. The second-order valence-electron chi connectivity index (χ2n) is 9.37. The maximum absolute atomic E-state index is 13.7. The minimum Gasteiger partial charge on any atom is -0.396 e. The van der Waals surface area contributed by atoms with E-state index in [0.717, 1.165) is 16.7 Å². The van der Waals surface area contributed by atoms with Crippen LogP contribution in [0.5, 0.6) is 0 Å². The van der Waals surface area contributed by atoms with E-state index >= 15 is 0 Å². The van der Waals surface area contributed by atoms with Crippen molar-refractivity contribution in [1.29, 1.82) is 10.5 Å². The van der Waals surface area contributed by atoms with Crippen molar-refractivity contribution in [2.24, 2.45) is 0 Å². The van der Waals surface area contributed by atoms with Crippen LogP contribution >= 0.6 is 11.6 Å². The predicted molar refractivity (Wildman–Crippen MR) is 149 cm³/mol. The maximum Gasteiger partial charge on any atom is 0.123 e. The second kappa shape index (κ2) is 11.1. The number of anilines is 2. The van der Waals surface area contributed by atoms with Crippen molar-refractivity contribution >= 4 is 23.0 Å². The van der Waals surface area contributed by atoms with E-state index in [4.69, 9.17) is 17.3 Å². The molecule has 39 heavy (non-hydrogen) atoms. The average molecular weight is 540 g/mol. The van der Waals surface area contributed by atoms with Gasteiger partial charge in [0.15, 0.2) is 0 Å². The van der Waals surface area contributed by atoms with Crippen LogP contribution in [0, 0.1) is 34.3 Å². The molecule has 0 aromatic heterocycles. The lowest BCUT2D eigenvalue weighted by molar-refractivity contribution is 0.212. The van der Waals surface area contributed by atoms with Crippen molar-refractivity contribution in [1.82, 2.24) is 4.90 Å². The first-order chi connectivity index (χ1) is 18.9. The minimum absolute atomic E-state index is 0.153. The summed E-state index contributed by atoms with van der Waals surface area (Å²) in [5.41, 5.74) is 10.9. The Morgan fingerprint density at radius 1 is 0.744 bits per heavy atom. The lowest BCUT2D eigenvalue weighted by Gasteiger charge is -2.41. The Balaban J connectivity index is 1.48. The van der Waals surface area contributed by atoms with Gasteiger partial charge in [0, 0.05) is 36.8 Å². The van der Waals surface area contributed by atoms with Crippen LogP contribution in [-0.4, -0.2) is 31.1 Å². The van der Waals surface area contributed by atoms with Gasteiger partial charge in [-0.3, -0.25) is 4.90 Å². The van der Waals surface area contributed by atoms with Crippen LogP contribution in [0.15, 0.2) is 78.9 Å². The fourth-order valence-electron chi connectivity index (χ4n) is 5.16. The van der Waals surface area contributed by atoms with Gasteiger partial charge < -0.3 is 10.6 Å². The van der Waals surface area contributed by atoms with Gasteiger partial charge in [0.25, 0.3) is 0 Å². The molecule has 1 heterocycles. The van der Waals surface area contributed by atoms with Gasteiger partial charge in [-0.2, -0.15) is 10.5 Å². The number of benzene rings is 4. The Hall–Kier alpha value is -4.43. The number of piperazine rings is 1. The summed E-state index contributed by atoms with van der Waals surface area (Å²) in [5.74, 6) is -0.638. The highest BCUT2D eigenvalue weighted by molar-refractivity contribution is 6.30. The molecule has 0 atom stereocenters. The van der Waals surface area contributed by atoms with E-state index in [9.17, 15) is 19.3 Å². The van der Waals surface area contributed by atoms with Crippen molar-refractivity contribution in [2.75, 3.05) is 36.8 Å². The topological polar surface area (TPSA) is 80.1 Å². The van der Waals surface area contributed by atoms with E-state index in [1.165, 1.54) is 24.3 Å². The Morgan fingerprint density at radius 3 is 1.74 bits per heavy atom. The molecule has 0 spiro atoms. The van der Waals surface area contributed by atoms with Crippen LogP contribution in [0.25, 0.3) is 11.1 Å². The summed E-state index contributed by atoms with van der Waals surface area (Å²) in [5, 5.41) is 20.4. The van der Waals surface area contributed by atoms with Crippen molar-refractivity contribution in [3.05, 3.63) is 118 Å². The van der Waals surface area contributed by atoms with Gasteiger partial charge in [0.05, 0.1) is 28.5 Å². The molecule has 0 saturated carbocycles. The van der Waals surface area contributed by atoms with E-state index in [1.54, 1.807) is 36.4 Å². The van der Waals surface area contributed by atoms with E-state index in [0.29, 0.717) is 42.5 Å². The lowest BCUT2D eigenvalue weighted by Crippen LogP contribution is -2.48. The molecule has 0 bridgehead atoms. The average Bonchev–Trinajstić information content (AvgIpc) is 2.95. The fourth-order valence-corrected chi connectivity index (χ4v) is 5.28. The van der Waals surface area contributed by atoms with Crippen LogP contribution in [-0.2, 0) is 0 Å². The smallest absolute Gasteiger partial charge is 0.123 e. The van der Waals surface area contributed by atoms with Crippen LogP contribution in [0.2, 0.25) is 5.02 Å². The normalized spacial score (nSPS) is 13.7. The molecule has 1 fully saturated rings. The predicted octanol–water partition coefficient (Wildman–Crippen LogP) is 6.52. The zero-order valence-electron chi connectivity index (χ0n) is 20.9. The van der Waals surface area contributed by atoms with Crippen molar-refractivity contribution in [3.63, 3.8) is 0 Å². The summed E-state index contributed by atoms with van der Waals surface area (Å²) < 4.78 is 27.4. The lowest BCUT2D eigenvalue weighted by atomic mass is 9.93. The summed E-state index contributed by atoms with van der Waals surface area (Å²) in [6, 6.07) is 25.9. The molecule has 0 aliphatic carbocycles. The molecule has 194 valence electrons. The summed E-state index contributed by atoms with van der Waals surface area (Å²) in [4.78, 5) is 4.36. The molecular formula is C31H24ClF2N5. The van der Waals surface area contributed by atoms with Gasteiger partial charge >= 0.3 is 0 Å². The van der Waals surface area contributed by atoms with E-state index < -0.39 is 0 Å². The first-order valence-corrected chi connectivity index (χ1v) is 12.8. The molecule has 2 N–H and O–H groups in total. The van der Waals surface area contributed by atoms with Crippen LogP contribution in [0.4, 0.5) is 20.2 Å². The van der Waals surface area contributed by atoms with Gasteiger partial charge in [-0.1, -0.05) is 48.0 Å². The Bertz CT molecular complexity index is 1520. The highest BCUT2D eigenvalue weighted by atomic mass is 35.5. The number of rotatable bonds is 5. The fraction of sp³-hybridized carbons (Fsp3) is 0.161. The quantitative estimate of drug-likeness (QED) is 0.292. The molecule has 0 radical (unpaired) electrons. The molecule has 5 rings (SSSR count). The molecular weight excluding hydrogens is 516 g/mol. The van der Waals surface area contributed by atoms with Crippen molar-refractivity contribution in [3.8, 4) is 23.3 Å². The Labute approximate surface area is 230 Å². The highest BCUT2D eigenvalue weighted by Crippen LogP contribution is 2.38. The van der Waals surface area contributed by atoms with Gasteiger partial charge in [-0.05, 0) is 59.2 Å². The number of hydrogen-bond acceptors (Lipinski definition) is 5. The molecule has 1 saturated heterocycles. The third kappa shape index (κ3) is 5.28. The molecule has 0 unspecified atom stereocenters. The number of nitrogen functional groups attached to an aromatic ring is 1. The number of nitriles is 2. The number of nitrogens with zero attached hydrogens (tertiary/aromatic N) is 4. The summed E-state index contributed by atoms with van der Waals surface area (Å²) in [7, 11) is 0. The van der Waals surface area contributed by atoms with Gasteiger partial charge in [0.1, 0.15) is 23.8 Å². The summed E-state index contributed by atoms with van der Waals surface area (Å²) in [6.07, 6.45) is 0. The standard InChI is InChI=1S/C31H24ClF2N5/c32-23-7-1-20(2-8-23)26-17-29(28(19-36)30(37)27(26)18-35)38-13-15-39(16-14-38)31(21-3-9-24(33)10-4-21)22-5-11-25(34)12-6-22/h1-12,17,31H,13-16,37H2. The highest BCUT2D eigenvalue weighted by Gasteiger charge is 2.29. The zero-order valence-corrected chi connectivity index (χ0v) is 21.7. The largest absolute Gasteiger partial charge is 0.396 e. The second-order valence-corrected chi connectivity index (χ2v) is 9.80. The molecule has 4 aromatic rings. The monoisotopic (exact) mass is 539 g/mol.